The zero-order valence-electron chi connectivity index (χ0n) is 14.3. The Bertz CT molecular complexity index is 791. The number of hydrogen-bond acceptors (Lipinski definition) is 8. The van der Waals surface area contributed by atoms with Crippen LogP contribution in [0.3, 0.4) is 0 Å². The first-order valence-electron chi connectivity index (χ1n) is 8.28. The fourth-order valence-corrected chi connectivity index (χ4v) is 3.62. The Balaban J connectivity index is 0.00000210. The van der Waals surface area contributed by atoms with Crippen LogP contribution in [0.15, 0.2) is 35.7 Å². The van der Waals surface area contributed by atoms with Crippen LogP contribution in [-0.2, 0) is 11.2 Å². The fraction of sp³-hybridized carbons (Fsp3) is 0.368. The van der Waals surface area contributed by atoms with Gasteiger partial charge in [-0.3, -0.25) is 0 Å². The number of thiophene rings is 1. The van der Waals surface area contributed by atoms with Crippen LogP contribution in [0.2, 0.25) is 0 Å². The summed E-state index contributed by atoms with van der Waals surface area (Å²) in [7, 11) is 0. The van der Waals surface area contributed by atoms with Crippen molar-refractivity contribution in [3.05, 3.63) is 46.2 Å². The average molecular weight is 396 g/mol. The van der Waals surface area contributed by atoms with Crippen molar-refractivity contribution in [3.8, 4) is 24.0 Å². The molecule has 148 valence electrons. The highest BCUT2D eigenvalue weighted by Gasteiger charge is 2.44. The third kappa shape index (κ3) is 4.42. The predicted molar refractivity (Wildman–Crippen MR) is 102 cm³/mol. The van der Waals surface area contributed by atoms with Crippen LogP contribution in [0, 0.1) is 12.5 Å². The molecule has 1 aliphatic rings. The van der Waals surface area contributed by atoms with Gasteiger partial charge in [-0.05, 0) is 29.1 Å². The molecule has 5 atom stereocenters. The van der Waals surface area contributed by atoms with Crippen LogP contribution < -0.4 is 9.47 Å². The first kappa shape index (κ1) is 19.6. The lowest BCUT2D eigenvalue weighted by molar-refractivity contribution is -0.277. The minimum atomic E-state index is -1.48. The van der Waals surface area contributed by atoms with Gasteiger partial charge in [0.2, 0.25) is 6.29 Å². The first-order chi connectivity index (χ1) is 13.0. The molecular formula is C19H24O7S. The molecule has 0 spiro atoms. The van der Waals surface area contributed by atoms with E-state index in [4.69, 9.17) is 20.6 Å². The van der Waals surface area contributed by atoms with Crippen molar-refractivity contribution in [2.75, 3.05) is 6.61 Å². The van der Waals surface area contributed by atoms with Crippen LogP contribution in [0.1, 0.15) is 13.3 Å². The maximum atomic E-state index is 10.1. The van der Waals surface area contributed by atoms with E-state index in [0.29, 0.717) is 17.9 Å². The van der Waals surface area contributed by atoms with E-state index in [2.05, 4.69) is 6.11 Å². The zero-order valence-corrected chi connectivity index (χ0v) is 15.1. The summed E-state index contributed by atoms with van der Waals surface area (Å²) in [4.78, 5) is 0.887. The standard InChI is InChI=1S/C19H20O7S.2H2/c1-2-24-12-5-3-11(4-6-12)9-15-13(7-8-27-15)25-19-18(23)17(22)16(21)14(10-20)26-19;;/h1,3-8,14,16-23H,9-10H2;2*1H. The third-order valence-electron chi connectivity index (χ3n) is 4.26. The molecule has 0 bridgehead atoms. The molecular weight excluding hydrogens is 372 g/mol. The lowest BCUT2D eigenvalue weighted by Gasteiger charge is -2.39. The summed E-state index contributed by atoms with van der Waals surface area (Å²) >= 11 is 1.47. The molecule has 1 aromatic heterocycles. The molecule has 4 N–H and O–H groups in total. The molecule has 3 rings (SSSR count). The summed E-state index contributed by atoms with van der Waals surface area (Å²) in [6.07, 6.45) is 1.21. The largest absolute Gasteiger partial charge is 0.461 e. The number of ether oxygens (including phenoxy) is 3. The van der Waals surface area contributed by atoms with Crippen molar-refractivity contribution in [3.63, 3.8) is 0 Å². The van der Waals surface area contributed by atoms with E-state index in [1.807, 2.05) is 17.5 Å². The lowest BCUT2D eigenvalue weighted by atomic mass is 9.99. The van der Waals surface area contributed by atoms with Gasteiger partial charge in [0.15, 0.2) is 0 Å². The highest BCUT2D eigenvalue weighted by molar-refractivity contribution is 7.10. The van der Waals surface area contributed by atoms with Crippen molar-refractivity contribution in [1.82, 2.24) is 0 Å². The first-order valence-corrected chi connectivity index (χ1v) is 9.16. The van der Waals surface area contributed by atoms with Gasteiger partial charge in [-0.1, -0.05) is 18.6 Å². The van der Waals surface area contributed by atoms with E-state index in [0.717, 1.165) is 10.4 Å². The van der Waals surface area contributed by atoms with Gasteiger partial charge in [0.05, 0.1) is 11.5 Å². The number of rotatable bonds is 6. The van der Waals surface area contributed by atoms with E-state index in [1.165, 1.54) is 11.3 Å². The summed E-state index contributed by atoms with van der Waals surface area (Å²) in [5.74, 6) is 1.07. The number of aliphatic hydroxyl groups excluding tert-OH is 4. The Morgan fingerprint density at radius 1 is 1.11 bits per heavy atom. The maximum Gasteiger partial charge on any atom is 0.229 e. The van der Waals surface area contributed by atoms with Gasteiger partial charge in [0.25, 0.3) is 0 Å². The third-order valence-corrected chi connectivity index (χ3v) is 5.16. The van der Waals surface area contributed by atoms with Crippen molar-refractivity contribution in [2.45, 2.75) is 37.1 Å². The van der Waals surface area contributed by atoms with Crippen LogP contribution >= 0.6 is 11.3 Å². The molecule has 2 aromatic rings. The summed E-state index contributed by atoms with van der Waals surface area (Å²) in [5, 5.41) is 40.9. The van der Waals surface area contributed by atoms with Gasteiger partial charge in [-0.25, -0.2) is 0 Å². The van der Waals surface area contributed by atoms with E-state index in [9.17, 15) is 20.4 Å². The number of benzene rings is 1. The van der Waals surface area contributed by atoms with Crippen molar-refractivity contribution >= 4 is 11.3 Å². The Morgan fingerprint density at radius 3 is 2.52 bits per heavy atom. The van der Waals surface area contributed by atoms with Gasteiger partial charge in [0, 0.05) is 9.27 Å². The molecule has 0 amide bonds. The molecule has 27 heavy (non-hydrogen) atoms. The van der Waals surface area contributed by atoms with Crippen LogP contribution in [0.4, 0.5) is 0 Å². The maximum absolute atomic E-state index is 10.1. The second-order valence-corrected chi connectivity index (χ2v) is 7.06. The molecule has 2 heterocycles. The quantitative estimate of drug-likeness (QED) is 0.539. The van der Waals surface area contributed by atoms with Crippen molar-refractivity contribution in [1.29, 1.82) is 0 Å². The molecule has 1 aliphatic heterocycles. The Labute approximate surface area is 163 Å². The average Bonchev–Trinajstić information content (AvgIpc) is 3.10. The van der Waals surface area contributed by atoms with E-state index in [-0.39, 0.29) is 2.85 Å². The zero-order chi connectivity index (χ0) is 19.4. The minimum absolute atomic E-state index is 0. The summed E-state index contributed by atoms with van der Waals surface area (Å²) < 4.78 is 16.1. The van der Waals surface area contributed by atoms with Gasteiger partial charge in [-0.15, -0.1) is 11.3 Å². The number of terminal acetylenes is 1. The summed E-state index contributed by atoms with van der Waals surface area (Å²) in [6, 6.07) is 9.02. The fourth-order valence-electron chi connectivity index (χ4n) is 2.78. The van der Waals surface area contributed by atoms with Crippen LogP contribution in [0.5, 0.6) is 11.5 Å². The van der Waals surface area contributed by atoms with E-state index in [1.54, 1.807) is 18.2 Å². The molecule has 8 heteroatoms. The molecule has 5 unspecified atom stereocenters. The highest BCUT2D eigenvalue weighted by Crippen LogP contribution is 2.31. The number of aliphatic hydroxyl groups is 4. The predicted octanol–water partition coefficient (Wildman–Crippen LogP) is 0.979. The Kier molecular flexibility index (Phi) is 6.34. The molecule has 0 saturated carbocycles. The highest BCUT2D eigenvalue weighted by atomic mass is 32.1. The molecule has 0 radical (unpaired) electrons. The molecule has 7 nitrogen and oxygen atoms in total. The minimum Gasteiger partial charge on any atom is -0.461 e. The van der Waals surface area contributed by atoms with E-state index >= 15 is 0 Å². The van der Waals surface area contributed by atoms with Gasteiger partial charge in [-0.2, -0.15) is 0 Å². The lowest BCUT2D eigenvalue weighted by Crippen LogP contribution is -2.60. The summed E-state index contributed by atoms with van der Waals surface area (Å²) in [5.41, 5.74) is 1.00. The van der Waals surface area contributed by atoms with Crippen molar-refractivity contribution < 1.29 is 37.5 Å². The summed E-state index contributed by atoms with van der Waals surface area (Å²) in [6.45, 7) is -0.507. The van der Waals surface area contributed by atoms with Crippen LogP contribution in [-0.4, -0.2) is 57.7 Å². The Hall–Kier alpha value is -2.12. The monoisotopic (exact) mass is 396 g/mol. The smallest absolute Gasteiger partial charge is 0.229 e. The van der Waals surface area contributed by atoms with Gasteiger partial charge in [0.1, 0.15) is 42.0 Å². The normalized spacial score (nSPS) is 27.7. The second kappa shape index (κ2) is 8.71. The number of hydrogen-bond donors (Lipinski definition) is 4. The second-order valence-electron chi connectivity index (χ2n) is 6.06. The SMILES string of the molecule is C#COc1ccc(Cc2sccc2OC2OC(CO)C(O)C(O)C2O)cc1.[HH].[HH]. The molecule has 1 aromatic carbocycles. The van der Waals surface area contributed by atoms with Gasteiger partial charge >= 0.3 is 0 Å². The van der Waals surface area contributed by atoms with E-state index < -0.39 is 37.3 Å². The molecule has 1 fully saturated rings. The molecule has 1 saturated heterocycles. The van der Waals surface area contributed by atoms with Crippen LogP contribution in [0.25, 0.3) is 0 Å². The molecule has 0 aliphatic carbocycles. The topological polar surface area (TPSA) is 109 Å². The Morgan fingerprint density at radius 2 is 1.85 bits per heavy atom. The van der Waals surface area contributed by atoms with Crippen molar-refractivity contribution in [2.24, 2.45) is 0 Å². The van der Waals surface area contributed by atoms with Gasteiger partial charge < -0.3 is 34.6 Å².